The van der Waals surface area contributed by atoms with Gasteiger partial charge in [-0.05, 0) is 41.6 Å². The highest BCUT2D eigenvalue weighted by Gasteiger charge is 2.16. The minimum atomic E-state index is -0.0734. The zero-order valence-corrected chi connectivity index (χ0v) is 13.7. The van der Waals surface area contributed by atoms with Gasteiger partial charge in [-0.25, -0.2) is 0 Å². The van der Waals surface area contributed by atoms with E-state index in [1.165, 1.54) is 11.3 Å². The normalized spacial score (nSPS) is 13.5. The van der Waals surface area contributed by atoms with Crippen LogP contribution in [0.25, 0.3) is 0 Å². The second kappa shape index (κ2) is 6.58. The van der Waals surface area contributed by atoms with E-state index in [4.69, 9.17) is 21.1 Å². The van der Waals surface area contributed by atoms with Crippen molar-refractivity contribution < 1.29 is 14.3 Å². The number of halogens is 1. The van der Waals surface area contributed by atoms with E-state index in [-0.39, 0.29) is 5.91 Å². The summed E-state index contributed by atoms with van der Waals surface area (Å²) in [4.78, 5) is 12.9. The van der Waals surface area contributed by atoms with Crippen molar-refractivity contribution in [3.05, 3.63) is 44.6 Å². The molecule has 3 rings (SSSR count). The van der Waals surface area contributed by atoms with Crippen LogP contribution < -0.4 is 14.8 Å². The molecule has 1 aromatic heterocycles. The monoisotopic (exact) mass is 337 g/mol. The Balaban J connectivity index is 1.73. The van der Waals surface area contributed by atoms with Gasteiger partial charge < -0.3 is 14.8 Å². The first-order valence-electron chi connectivity index (χ1n) is 7.05. The Morgan fingerprint density at radius 2 is 2.18 bits per heavy atom. The number of benzene rings is 1. The summed E-state index contributed by atoms with van der Waals surface area (Å²) < 4.78 is 11.2. The van der Waals surface area contributed by atoms with Crippen molar-refractivity contribution in [2.75, 3.05) is 13.2 Å². The van der Waals surface area contributed by atoms with Crippen LogP contribution in [0.1, 0.15) is 27.2 Å². The molecule has 116 valence electrons. The first-order chi connectivity index (χ1) is 10.6. The fraction of sp³-hybridized carbons (Fsp3) is 0.312. The number of hydrogen-bond donors (Lipinski definition) is 1. The van der Waals surface area contributed by atoms with Crippen molar-refractivity contribution in [1.29, 1.82) is 0 Å². The lowest BCUT2D eigenvalue weighted by Crippen LogP contribution is -2.22. The van der Waals surface area contributed by atoms with Crippen LogP contribution in [0, 0.1) is 6.92 Å². The number of thiophene rings is 1. The van der Waals surface area contributed by atoms with Crippen LogP contribution in [0.3, 0.4) is 0 Å². The highest BCUT2D eigenvalue weighted by molar-refractivity contribution is 7.12. The average molecular weight is 338 g/mol. The predicted molar refractivity (Wildman–Crippen MR) is 87.3 cm³/mol. The molecule has 1 N–H and O–H groups in total. The van der Waals surface area contributed by atoms with Crippen LogP contribution in [0.15, 0.2) is 23.6 Å². The van der Waals surface area contributed by atoms with Gasteiger partial charge in [-0.1, -0.05) is 11.6 Å². The number of ether oxygens (including phenoxy) is 2. The maximum absolute atomic E-state index is 12.1. The van der Waals surface area contributed by atoms with Gasteiger partial charge in [0.25, 0.3) is 5.91 Å². The van der Waals surface area contributed by atoms with Gasteiger partial charge in [0.1, 0.15) is 0 Å². The van der Waals surface area contributed by atoms with Gasteiger partial charge in [0, 0.05) is 13.0 Å². The molecule has 0 radical (unpaired) electrons. The molecule has 0 saturated carbocycles. The Morgan fingerprint density at radius 1 is 1.36 bits per heavy atom. The third-order valence-corrected chi connectivity index (χ3v) is 4.68. The lowest BCUT2D eigenvalue weighted by Gasteiger charge is -2.12. The molecular weight excluding hydrogens is 322 g/mol. The molecule has 1 aromatic carbocycles. The average Bonchev–Trinajstić information content (AvgIpc) is 2.78. The third kappa shape index (κ3) is 3.20. The summed E-state index contributed by atoms with van der Waals surface area (Å²) in [7, 11) is 0. The van der Waals surface area contributed by atoms with Gasteiger partial charge in [-0.2, -0.15) is 0 Å². The Hall–Kier alpha value is -1.72. The molecule has 0 aliphatic carbocycles. The van der Waals surface area contributed by atoms with Crippen LogP contribution in [0.4, 0.5) is 0 Å². The Kier molecular flexibility index (Phi) is 4.55. The smallest absolute Gasteiger partial charge is 0.261 e. The van der Waals surface area contributed by atoms with E-state index in [9.17, 15) is 4.79 Å². The summed E-state index contributed by atoms with van der Waals surface area (Å²) in [5.41, 5.74) is 1.87. The van der Waals surface area contributed by atoms with Gasteiger partial charge in [-0.3, -0.25) is 4.79 Å². The van der Waals surface area contributed by atoms with Crippen LogP contribution in [0.2, 0.25) is 5.02 Å². The van der Waals surface area contributed by atoms with Crippen molar-refractivity contribution in [1.82, 2.24) is 5.32 Å². The molecule has 0 atom stereocenters. The minimum Gasteiger partial charge on any atom is -0.489 e. The first-order valence-corrected chi connectivity index (χ1v) is 8.31. The fourth-order valence-corrected chi connectivity index (χ4v) is 3.38. The van der Waals surface area contributed by atoms with E-state index in [2.05, 4.69) is 5.32 Å². The van der Waals surface area contributed by atoms with Crippen LogP contribution in [-0.4, -0.2) is 19.1 Å². The van der Waals surface area contributed by atoms with Crippen LogP contribution in [0.5, 0.6) is 11.5 Å². The van der Waals surface area contributed by atoms with Crippen LogP contribution in [-0.2, 0) is 6.54 Å². The molecule has 2 aromatic rings. The Labute approximate surface area is 138 Å². The van der Waals surface area contributed by atoms with Crippen LogP contribution >= 0.6 is 22.9 Å². The number of hydrogen-bond acceptors (Lipinski definition) is 4. The zero-order chi connectivity index (χ0) is 15.5. The van der Waals surface area contributed by atoms with Gasteiger partial charge in [0.15, 0.2) is 11.5 Å². The van der Waals surface area contributed by atoms with E-state index in [0.29, 0.717) is 36.3 Å². The Bertz CT molecular complexity index is 699. The molecule has 22 heavy (non-hydrogen) atoms. The topological polar surface area (TPSA) is 47.6 Å². The summed E-state index contributed by atoms with van der Waals surface area (Å²) in [6.45, 7) is 3.52. The minimum absolute atomic E-state index is 0.0734. The molecule has 6 heteroatoms. The fourth-order valence-electron chi connectivity index (χ4n) is 2.25. The van der Waals surface area contributed by atoms with E-state index < -0.39 is 0 Å². The standard InChI is InChI=1S/C16H16ClNO3S/c1-10-3-6-22-15(10)16(19)18-9-11-7-12(17)14-13(8-11)20-4-2-5-21-14/h3,6-8H,2,4-5,9H2,1H3,(H,18,19). The lowest BCUT2D eigenvalue weighted by molar-refractivity contribution is 0.0954. The van der Waals surface area contributed by atoms with Crippen molar-refractivity contribution in [2.45, 2.75) is 19.9 Å². The van der Waals surface area contributed by atoms with Gasteiger partial charge in [0.05, 0.1) is 23.1 Å². The van der Waals surface area contributed by atoms with Crippen molar-refractivity contribution >= 4 is 28.8 Å². The zero-order valence-electron chi connectivity index (χ0n) is 12.1. The number of fused-ring (bicyclic) bond motifs is 1. The summed E-state index contributed by atoms with van der Waals surface area (Å²) in [5.74, 6) is 1.15. The first kappa shape index (κ1) is 15.2. The molecule has 1 aliphatic rings. The number of carbonyl (C=O) groups excluding carboxylic acids is 1. The lowest BCUT2D eigenvalue weighted by atomic mass is 10.2. The number of aryl methyl sites for hydroxylation is 1. The summed E-state index contributed by atoms with van der Waals surface area (Å²) in [5, 5.41) is 5.33. The number of carbonyl (C=O) groups is 1. The van der Waals surface area contributed by atoms with E-state index in [1.807, 2.05) is 24.4 Å². The number of rotatable bonds is 3. The summed E-state index contributed by atoms with van der Waals surface area (Å²) >= 11 is 7.68. The largest absolute Gasteiger partial charge is 0.489 e. The van der Waals surface area contributed by atoms with E-state index >= 15 is 0 Å². The molecule has 1 amide bonds. The second-order valence-corrected chi connectivity index (χ2v) is 6.39. The second-order valence-electron chi connectivity index (χ2n) is 5.07. The number of amides is 1. The highest BCUT2D eigenvalue weighted by atomic mass is 35.5. The molecule has 4 nitrogen and oxygen atoms in total. The summed E-state index contributed by atoms with van der Waals surface area (Å²) in [6, 6.07) is 5.61. The quantitative estimate of drug-likeness (QED) is 0.926. The SMILES string of the molecule is Cc1ccsc1C(=O)NCc1cc(Cl)c2c(c1)OCCCO2. The molecular formula is C16H16ClNO3S. The predicted octanol–water partition coefficient (Wildman–Crippen LogP) is 3.80. The molecule has 2 heterocycles. The van der Waals surface area contributed by atoms with Gasteiger partial charge in [-0.15, -0.1) is 11.3 Å². The maximum atomic E-state index is 12.1. The number of nitrogens with one attached hydrogen (secondary N) is 1. The molecule has 0 unspecified atom stereocenters. The van der Waals surface area contributed by atoms with Crippen molar-refractivity contribution in [3.8, 4) is 11.5 Å². The third-order valence-electron chi connectivity index (χ3n) is 3.38. The van der Waals surface area contributed by atoms with Gasteiger partial charge in [0.2, 0.25) is 0 Å². The molecule has 0 spiro atoms. The van der Waals surface area contributed by atoms with E-state index in [1.54, 1.807) is 6.07 Å². The maximum Gasteiger partial charge on any atom is 0.261 e. The molecule has 0 bridgehead atoms. The molecule has 0 saturated heterocycles. The van der Waals surface area contributed by atoms with E-state index in [0.717, 1.165) is 22.4 Å². The molecule has 0 fully saturated rings. The molecule has 1 aliphatic heterocycles. The summed E-state index contributed by atoms with van der Waals surface area (Å²) in [6.07, 6.45) is 0.828. The van der Waals surface area contributed by atoms with Crippen molar-refractivity contribution in [3.63, 3.8) is 0 Å². The highest BCUT2D eigenvalue weighted by Crippen LogP contribution is 2.37. The van der Waals surface area contributed by atoms with Crippen molar-refractivity contribution in [2.24, 2.45) is 0 Å². The Morgan fingerprint density at radius 3 is 2.95 bits per heavy atom. The van der Waals surface area contributed by atoms with Gasteiger partial charge >= 0.3 is 0 Å².